The molecular formula is C22H21N2O2+. The molecule has 3 aromatic rings. The minimum absolute atomic E-state index is 0.125. The molecule has 1 N–H and O–H groups in total. The standard InChI is InChI=1S/C22H21N2O2/c1-23-20-10-4-5-11-21(20)26-22(23)12-6-7-17-13-14-24(15-16-25)19-9-3-2-8-18(17)19/h2-14,25H,15-16H2,1H3/q+1. The molecule has 0 radical (unpaired) electrons. The third-order valence-electron chi connectivity index (χ3n) is 4.59. The highest BCUT2D eigenvalue weighted by atomic mass is 16.3. The Balaban J connectivity index is 1.65. The van der Waals surface area contributed by atoms with Crippen LogP contribution in [-0.4, -0.2) is 18.3 Å². The summed E-state index contributed by atoms with van der Waals surface area (Å²) in [6.45, 7) is 0.714. The molecule has 26 heavy (non-hydrogen) atoms. The van der Waals surface area contributed by atoms with Crippen molar-refractivity contribution in [2.24, 2.45) is 7.05 Å². The van der Waals surface area contributed by atoms with E-state index in [4.69, 9.17) is 4.42 Å². The second kappa shape index (κ2) is 7.02. The van der Waals surface area contributed by atoms with Crippen LogP contribution in [0.3, 0.4) is 0 Å². The van der Waals surface area contributed by atoms with E-state index in [1.165, 1.54) is 0 Å². The Morgan fingerprint density at radius 2 is 1.92 bits per heavy atom. The van der Waals surface area contributed by atoms with Crippen LogP contribution in [0.2, 0.25) is 0 Å². The lowest BCUT2D eigenvalue weighted by Gasteiger charge is -2.26. The zero-order valence-electron chi connectivity index (χ0n) is 14.7. The van der Waals surface area contributed by atoms with Crippen molar-refractivity contribution in [3.05, 3.63) is 84.4 Å². The van der Waals surface area contributed by atoms with Crippen molar-refractivity contribution in [3.8, 4) is 0 Å². The molecule has 0 amide bonds. The van der Waals surface area contributed by atoms with E-state index in [-0.39, 0.29) is 6.61 Å². The number of aliphatic hydroxyl groups is 1. The van der Waals surface area contributed by atoms with Gasteiger partial charge in [0.2, 0.25) is 5.58 Å². The number of anilines is 1. The highest BCUT2D eigenvalue weighted by Crippen LogP contribution is 2.32. The Bertz CT molecular complexity index is 1030. The Morgan fingerprint density at radius 1 is 1.12 bits per heavy atom. The van der Waals surface area contributed by atoms with Crippen LogP contribution in [0, 0.1) is 0 Å². The summed E-state index contributed by atoms with van der Waals surface area (Å²) in [4.78, 5) is 2.07. The van der Waals surface area contributed by atoms with Crippen LogP contribution in [0.1, 0.15) is 11.5 Å². The summed E-state index contributed by atoms with van der Waals surface area (Å²) in [5.41, 5.74) is 5.34. The largest absolute Gasteiger partial charge is 0.398 e. The summed E-state index contributed by atoms with van der Waals surface area (Å²) >= 11 is 0. The van der Waals surface area contributed by atoms with E-state index < -0.39 is 0 Å². The molecule has 0 unspecified atom stereocenters. The number of oxazole rings is 1. The second-order valence-electron chi connectivity index (χ2n) is 6.20. The van der Waals surface area contributed by atoms with E-state index in [0.29, 0.717) is 6.54 Å². The third-order valence-corrected chi connectivity index (χ3v) is 4.59. The second-order valence-corrected chi connectivity index (χ2v) is 6.20. The highest BCUT2D eigenvalue weighted by Gasteiger charge is 2.16. The first kappa shape index (κ1) is 16.4. The van der Waals surface area contributed by atoms with Crippen LogP contribution in [0.4, 0.5) is 5.69 Å². The van der Waals surface area contributed by atoms with Crippen LogP contribution in [-0.2, 0) is 7.05 Å². The smallest absolute Gasteiger partial charge is 0.373 e. The molecule has 4 rings (SSSR count). The van der Waals surface area contributed by atoms with E-state index in [1.807, 2.05) is 66.4 Å². The molecule has 0 aliphatic carbocycles. The van der Waals surface area contributed by atoms with Gasteiger partial charge in [-0.2, -0.15) is 4.57 Å². The molecule has 0 fully saturated rings. The molecule has 1 aliphatic heterocycles. The number of aliphatic hydroxyl groups excluding tert-OH is 1. The molecule has 0 saturated heterocycles. The van der Waals surface area contributed by atoms with Gasteiger partial charge < -0.3 is 14.4 Å². The summed E-state index contributed by atoms with van der Waals surface area (Å²) < 4.78 is 7.94. The SMILES string of the molecule is C[n+]1c(C=CC=C2C=CN(CCO)c3ccccc32)oc2ccccc21. The summed E-state index contributed by atoms with van der Waals surface area (Å²) in [7, 11) is 2.00. The summed E-state index contributed by atoms with van der Waals surface area (Å²) in [5.74, 6) is 0.804. The van der Waals surface area contributed by atoms with Crippen molar-refractivity contribution < 1.29 is 14.1 Å². The lowest BCUT2D eigenvalue weighted by molar-refractivity contribution is -0.652. The normalized spacial score (nSPS) is 15.3. The van der Waals surface area contributed by atoms with Gasteiger partial charge in [-0.15, -0.1) is 0 Å². The van der Waals surface area contributed by atoms with Crippen molar-refractivity contribution in [2.75, 3.05) is 18.1 Å². The van der Waals surface area contributed by atoms with Gasteiger partial charge in [0.15, 0.2) is 0 Å². The lowest BCUT2D eigenvalue weighted by atomic mass is 9.99. The monoisotopic (exact) mass is 345 g/mol. The number of aromatic nitrogens is 1. The molecule has 0 saturated carbocycles. The first-order valence-electron chi connectivity index (χ1n) is 8.69. The molecule has 1 aromatic heterocycles. The number of nitrogens with zero attached hydrogens (tertiary/aromatic N) is 2. The van der Waals surface area contributed by atoms with E-state index >= 15 is 0 Å². The number of β-amino-alcohol motifs (C(OH)–C–C–N with tert-alkyl or cyclic N) is 1. The Labute approximate surface area is 152 Å². The maximum absolute atomic E-state index is 9.25. The zero-order chi connectivity index (χ0) is 17.9. The van der Waals surface area contributed by atoms with Crippen LogP contribution in [0.15, 0.2) is 77.4 Å². The maximum Gasteiger partial charge on any atom is 0.373 e. The van der Waals surface area contributed by atoms with Gasteiger partial charge in [-0.1, -0.05) is 42.5 Å². The van der Waals surface area contributed by atoms with Gasteiger partial charge in [-0.3, -0.25) is 0 Å². The van der Waals surface area contributed by atoms with Crippen LogP contribution in [0.25, 0.3) is 22.7 Å². The number of benzene rings is 2. The molecule has 130 valence electrons. The van der Waals surface area contributed by atoms with E-state index in [2.05, 4.69) is 29.2 Å². The van der Waals surface area contributed by atoms with Crippen molar-refractivity contribution in [1.29, 1.82) is 0 Å². The van der Waals surface area contributed by atoms with Crippen LogP contribution >= 0.6 is 0 Å². The number of rotatable bonds is 4. The van der Waals surface area contributed by atoms with Gasteiger partial charge >= 0.3 is 5.89 Å². The number of aryl methyl sites for hydroxylation is 1. The molecule has 4 nitrogen and oxygen atoms in total. The molecular weight excluding hydrogens is 324 g/mol. The number of para-hydroxylation sites is 3. The van der Waals surface area contributed by atoms with Crippen molar-refractivity contribution >= 4 is 28.4 Å². The fraction of sp³-hybridized carbons (Fsp3) is 0.136. The predicted octanol–water partition coefficient (Wildman–Crippen LogP) is 3.68. The lowest BCUT2D eigenvalue weighted by Crippen LogP contribution is -2.29. The van der Waals surface area contributed by atoms with Gasteiger partial charge in [0.05, 0.1) is 12.7 Å². The minimum Gasteiger partial charge on any atom is -0.398 e. The molecule has 1 aliphatic rings. The Kier molecular flexibility index (Phi) is 4.42. The Hall–Kier alpha value is -3.11. The van der Waals surface area contributed by atoms with Crippen LogP contribution < -0.4 is 9.47 Å². The summed E-state index contributed by atoms with van der Waals surface area (Å²) in [5, 5.41) is 9.25. The third kappa shape index (κ3) is 2.95. The molecule has 0 bridgehead atoms. The van der Waals surface area contributed by atoms with E-state index in [0.717, 1.165) is 33.8 Å². The number of fused-ring (bicyclic) bond motifs is 2. The van der Waals surface area contributed by atoms with Crippen molar-refractivity contribution in [2.45, 2.75) is 0 Å². The van der Waals surface area contributed by atoms with Gasteiger partial charge in [0.1, 0.15) is 7.05 Å². The molecule has 2 heterocycles. The van der Waals surface area contributed by atoms with E-state index in [1.54, 1.807) is 0 Å². The van der Waals surface area contributed by atoms with Crippen molar-refractivity contribution in [3.63, 3.8) is 0 Å². The Morgan fingerprint density at radius 3 is 2.77 bits per heavy atom. The molecule has 0 atom stereocenters. The van der Waals surface area contributed by atoms with Crippen LogP contribution in [0.5, 0.6) is 0 Å². The average molecular weight is 345 g/mol. The topological polar surface area (TPSA) is 40.5 Å². The number of hydrogen-bond donors (Lipinski definition) is 1. The maximum atomic E-state index is 9.25. The van der Waals surface area contributed by atoms with Gasteiger partial charge in [0, 0.05) is 30.1 Å². The molecule has 2 aromatic carbocycles. The zero-order valence-corrected chi connectivity index (χ0v) is 14.7. The summed E-state index contributed by atoms with van der Waals surface area (Å²) in [6, 6.07) is 16.2. The minimum atomic E-state index is 0.125. The van der Waals surface area contributed by atoms with Gasteiger partial charge in [-0.25, -0.2) is 0 Å². The highest BCUT2D eigenvalue weighted by molar-refractivity contribution is 5.87. The first-order valence-corrected chi connectivity index (χ1v) is 8.69. The number of allylic oxidation sites excluding steroid dienone is 4. The average Bonchev–Trinajstić information content (AvgIpc) is 3.00. The fourth-order valence-corrected chi connectivity index (χ4v) is 3.26. The quantitative estimate of drug-likeness (QED) is 0.733. The predicted molar refractivity (Wildman–Crippen MR) is 104 cm³/mol. The number of hydrogen-bond acceptors (Lipinski definition) is 3. The van der Waals surface area contributed by atoms with Gasteiger partial charge in [0.25, 0.3) is 5.52 Å². The first-order chi connectivity index (χ1) is 12.8. The van der Waals surface area contributed by atoms with Gasteiger partial charge in [-0.05, 0) is 23.8 Å². The fourth-order valence-electron chi connectivity index (χ4n) is 3.26. The van der Waals surface area contributed by atoms with Crippen molar-refractivity contribution in [1.82, 2.24) is 0 Å². The summed E-state index contributed by atoms with van der Waals surface area (Å²) in [6.07, 6.45) is 10.2. The molecule has 4 heteroatoms. The van der Waals surface area contributed by atoms with E-state index in [9.17, 15) is 5.11 Å². The molecule has 0 spiro atoms.